The van der Waals surface area contributed by atoms with Crippen LogP contribution in [-0.2, 0) is 9.84 Å². The van der Waals surface area contributed by atoms with E-state index in [-0.39, 0.29) is 28.8 Å². The number of hydrogen-bond acceptors (Lipinski definition) is 7. The summed E-state index contributed by atoms with van der Waals surface area (Å²) in [5, 5.41) is 13.7. The van der Waals surface area contributed by atoms with Crippen molar-refractivity contribution in [3.63, 3.8) is 0 Å². The Bertz CT molecular complexity index is 920. The Kier molecular flexibility index (Phi) is 5.41. The van der Waals surface area contributed by atoms with Gasteiger partial charge < -0.3 is 19.3 Å². The lowest BCUT2D eigenvalue weighted by Gasteiger charge is -2.32. The van der Waals surface area contributed by atoms with Crippen LogP contribution in [0.25, 0.3) is 11.3 Å². The second-order valence-corrected chi connectivity index (χ2v) is 8.98. The van der Waals surface area contributed by atoms with Gasteiger partial charge in [0.15, 0.2) is 17.1 Å². The van der Waals surface area contributed by atoms with Crippen LogP contribution in [0.15, 0.2) is 28.8 Å². The number of anilines is 1. The van der Waals surface area contributed by atoms with Gasteiger partial charge in [0.2, 0.25) is 0 Å². The summed E-state index contributed by atoms with van der Waals surface area (Å²) in [5.41, 5.74) is 0.566. The molecule has 146 valence electrons. The number of aromatic carboxylic acids is 1. The SMILES string of the molecule is COc1ccc(-c2onc(N3CCCC(CS(C)(=O)=O)C3)c2C(=O)O)cc1. The summed E-state index contributed by atoms with van der Waals surface area (Å²) < 4.78 is 33.7. The molecule has 1 aromatic carbocycles. The Balaban J connectivity index is 1.91. The molecule has 1 atom stereocenters. The van der Waals surface area contributed by atoms with Gasteiger partial charge in [-0.2, -0.15) is 0 Å². The summed E-state index contributed by atoms with van der Waals surface area (Å²) in [4.78, 5) is 13.7. The van der Waals surface area contributed by atoms with Gasteiger partial charge in [-0.1, -0.05) is 5.16 Å². The first-order valence-corrected chi connectivity index (χ1v) is 10.6. The predicted molar refractivity (Wildman–Crippen MR) is 100 cm³/mol. The topological polar surface area (TPSA) is 110 Å². The lowest BCUT2D eigenvalue weighted by Crippen LogP contribution is -2.39. The molecule has 1 unspecified atom stereocenters. The van der Waals surface area contributed by atoms with Gasteiger partial charge in [0.1, 0.15) is 15.6 Å². The van der Waals surface area contributed by atoms with E-state index < -0.39 is 15.8 Å². The molecule has 0 bridgehead atoms. The van der Waals surface area contributed by atoms with Gasteiger partial charge in [-0.05, 0) is 43.0 Å². The number of carboxylic acids is 1. The van der Waals surface area contributed by atoms with Crippen LogP contribution in [-0.4, -0.2) is 56.9 Å². The molecule has 2 aromatic rings. The molecule has 0 aliphatic carbocycles. The fourth-order valence-electron chi connectivity index (χ4n) is 3.45. The van der Waals surface area contributed by atoms with Gasteiger partial charge in [-0.3, -0.25) is 0 Å². The largest absolute Gasteiger partial charge is 0.497 e. The Morgan fingerprint density at radius 2 is 2.07 bits per heavy atom. The predicted octanol–water partition coefficient (Wildman–Crippen LogP) is 2.31. The molecule has 9 heteroatoms. The highest BCUT2D eigenvalue weighted by molar-refractivity contribution is 7.90. The van der Waals surface area contributed by atoms with Crippen LogP contribution < -0.4 is 9.64 Å². The molecule has 3 rings (SSSR count). The number of carbonyl (C=O) groups is 1. The summed E-state index contributed by atoms with van der Waals surface area (Å²) in [5.74, 6) is -0.0551. The van der Waals surface area contributed by atoms with E-state index in [2.05, 4.69) is 5.16 Å². The van der Waals surface area contributed by atoms with Crippen molar-refractivity contribution in [3.8, 4) is 17.1 Å². The molecule has 1 aromatic heterocycles. The van der Waals surface area contributed by atoms with Crippen LogP contribution in [0.2, 0.25) is 0 Å². The smallest absolute Gasteiger partial charge is 0.343 e. The number of hydrogen-bond donors (Lipinski definition) is 1. The second kappa shape index (κ2) is 7.59. The van der Waals surface area contributed by atoms with Crippen molar-refractivity contribution < 1.29 is 27.6 Å². The van der Waals surface area contributed by atoms with Crippen LogP contribution in [0, 0.1) is 5.92 Å². The van der Waals surface area contributed by atoms with E-state index in [1.807, 2.05) is 0 Å². The number of aromatic nitrogens is 1. The average molecular weight is 394 g/mol. The van der Waals surface area contributed by atoms with E-state index in [9.17, 15) is 18.3 Å². The van der Waals surface area contributed by atoms with E-state index in [0.717, 1.165) is 12.8 Å². The summed E-state index contributed by atoms with van der Waals surface area (Å²) in [6.07, 6.45) is 2.77. The van der Waals surface area contributed by atoms with Crippen LogP contribution in [0.3, 0.4) is 0 Å². The van der Waals surface area contributed by atoms with Crippen molar-refractivity contribution in [2.75, 3.05) is 37.1 Å². The maximum absolute atomic E-state index is 11.9. The van der Waals surface area contributed by atoms with Crippen LogP contribution in [0.5, 0.6) is 5.75 Å². The number of carboxylic acid groups (broad SMARTS) is 1. The quantitative estimate of drug-likeness (QED) is 0.795. The lowest BCUT2D eigenvalue weighted by molar-refractivity contribution is 0.0697. The highest BCUT2D eigenvalue weighted by atomic mass is 32.2. The van der Waals surface area contributed by atoms with Gasteiger partial charge in [-0.15, -0.1) is 0 Å². The van der Waals surface area contributed by atoms with Crippen molar-refractivity contribution in [3.05, 3.63) is 29.8 Å². The molecule has 1 aliphatic rings. The number of ether oxygens (including phenoxy) is 1. The Morgan fingerprint density at radius 1 is 1.37 bits per heavy atom. The summed E-state index contributed by atoms with van der Waals surface area (Å²) in [6.45, 7) is 1.04. The zero-order chi connectivity index (χ0) is 19.6. The minimum Gasteiger partial charge on any atom is -0.497 e. The van der Waals surface area contributed by atoms with Gasteiger partial charge >= 0.3 is 5.97 Å². The summed E-state index contributed by atoms with van der Waals surface area (Å²) in [6, 6.07) is 6.84. The van der Waals surface area contributed by atoms with E-state index in [0.29, 0.717) is 24.4 Å². The molecule has 2 heterocycles. The standard InChI is InChI=1S/C18H22N2O6S/c1-25-14-7-5-13(6-8-14)16-15(18(21)22)17(19-26-16)20-9-3-4-12(10-20)11-27(2,23)24/h5-8,12H,3-4,9-11H2,1-2H3,(H,21,22). The number of rotatable bonds is 6. The molecule has 27 heavy (non-hydrogen) atoms. The molecule has 1 aliphatic heterocycles. The van der Waals surface area contributed by atoms with E-state index in [1.54, 1.807) is 36.3 Å². The molecule has 1 saturated heterocycles. The van der Waals surface area contributed by atoms with Crippen molar-refractivity contribution in [1.29, 1.82) is 0 Å². The average Bonchev–Trinajstić information content (AvgIpc) is 3.06. The zero-order valence-corrected chi connectivity index (χ0v) is 16.0. The Hall–Kier alpha value is -2.55. The van der Waals surface area contributed by atoms with Crippen LogP contribution >= 0.6 is 0 Å². The van der Waals surface area contributed by atoms with Crippen LogP contribution in [0.1, 0.15) is 23.2 Å². The molecule has 0 amide bonds. The molecular formula is C18H22N2O6S. The first-order valence-electron chi connectivity index (χ1n) is 8.58. The minimum atomic E-state index is -3.10. The number of nitrogens with zero attached hydrogens (tertiary/aromatic N) is 2. The van der Waals surface area contributed by atoms with Gasteiger partial charge in [-0.25, -0.2) is 13.2 Å². The normalized spacial score (nSPS) is 17.7. The van der Waals surface area contributed by atoms with E-state index >= 15 is 0 Å². The number of benzene rings is 1. The zero-order valence-electron chi connectivity index (χ0n) is 15.2. The monoisotopic (exact) mass is 394 g/mol. The van der Waals surface area contributed by atoms with E-state index in [4.69, 9.17) is 9.26 Å². The first kappa shape index (κ1) is 19.2. The molecule has 8 nitrogen and oxygen atoms in total. The van der Waals surface area contributed by atoms with Gasteiger partial charge in [0.25, 0.3) is 0 Å². The highest BCUT2D eigenvalue weighted by Gasteiger charge is 2.31. The fraction of sp³-hybridized carbons (Fsp3) is 0.444. The van der Waals surface area contributed by atoms with Crippen molar-refractivity contribution in [2.24, 2.45) is 5.92 Å². The molecule has 0 saturated carbocycles. The maximum atomic E-state index is 11.9. The van der Waals surface area contributed by atoms with Crippen molar-refractivity contribution in [1.82, 2.24) is 5.16 Å². The van der Waals surface area contributed by atoms with E-state index in [1.165, 1.54) is 6.26 Å². The van der Waals surface area contributed by atoms with Crippen molar-refractivity contribution in [2.45, 2.75) is 12.8 Å². The van der Waals surface area contributed by atoms with Gasteiger partial charge in [0, 0.05) is 24.9 Å². The van der Waals surface area contributed by atoms with Gasteiger partial charge in [0.05, 0.1) is 12.9 Å². The molecule has 0 spiro atoms. The Morgan fingerprint density at radius 3 is 2.67 bits per heavy atom. The van der Waals surface area contributed by atoms with Crippen LogP contribution in [0.4, 0.5) is 5.82 Å². The third-order valence-corrected chi connectivity index (χ3v) is 5.67. The summed E-state index contributed by atoms with van der Waals surface area (Å²) in [7, 11) is -1.55. The first-order chi connectivity index (χ1) is 12.8. The highest BCUT2D eigenvalue weighted by Crippen LogP contribution is 2.34. The molecule has 1 fully saturated rings. The second-order valence-electron chi connectivity index (χ2n) is 6.79. The number of sulfone groups is 1. The lowest BCUT2D eigenvalue weighted by atomic mass is 9.99. The number of methoxy groups -OCH3 is 1. The summed E-state index contributed by atoms with van der Waals surface area (Å²) >= 11 is 0. The molecule has 1 N–H and O–H groups in total. The fourth-order valence-corrected chi connectivity index (χ4v) is 4.58. The molecular weight excluding hydrogens is 372 g/mol. The third kappa shape index (κ3) is 4.41. The maximum Gasteiger partial charge on any atom is 0.343 e. The van der Waals surface area contributed by atoms with Crippen molar-refractivity contribution >= 4 is 21.6 Å². The number of piperidine rings is 1. The molecule has 0 radical (unpaired) electrons. The Labute approximate surface area is 157 Å². The minimum absolute atomic E-state index is 0.0137. The third-order valence-electron chi connectivity index (χ3n) is 4.60.